The van der Waals surface area contributed by atoms with Gasteiger partial charge in [-0.15, -0.1) is 0 Å². The molecule has 0 saturated heterocycles. The number of hydrogen-bond acceptors (Lipinski definition) is 3. The van der Waals surface area contributed by atoms with Crippen molar-refractivity contribution < 1.29 is 8.42 Å². The van der Waals surface area contributed by atoms with Crippen LogP contribution in [0.5, 0.6) is 0 Å². The van der Waals surface area contributed by atoms with Crippen LogP contribution in [0.3, 0.4) is 0 Å². The summed E-state index contributed by atoms with van der Waals surface area (Å²) in [6.07, 6.45) is 2.31. The highest BCUT2D eigenvalue weighted by atomic mass is 32.2. The van der Waals surface area contributed by atoms with Gasteiger partial charge < -0.3 is 10.6 Å². The number of sulfonamides is 1. The lowest BCUT2D eigenvalue weighted by atomic mass is 10.3. The summed E-state index contributed by atoms with van der Waals surface area (Å²) in [4.78, 5) is 0.233. The fourth-order valence-corrected chi connectivity index (χ4v) is 2.43. The number of hydrogen-bond donors (Lipinski definition) is 3. The molecule has 0 radical (unpaired) electrons. The summed E-state index contributed by atoms with van der Waals surface area (Å²) in [5, 5.41) is 6.73. The molecular formula is C11H15N3O2S2. The van der Waals surface area contributed by atoms with Gasteiger partial charge in [0, 0.05) is 11.7 Å². The van der Waals surface area contributed by atoms with Crippen LogP contribution in [0.1, 0.15) is 12.8 Å². The second-order valence-electron chi connectivity index (χ2n) is 4.10. The standard InChI is InChI=1S/C11H15N3O2S2/c1-12-18(15,16)10-6-4-9(5-7-10)14-11(17)13-8-2-3-8/h4-8,12H,2-3H2,1H3,(H2,13,14,17). The van der Waals surface area contributed by atoms with E-state index >= 15 is 0 Å². The summed E-state index contributed by atoms with van der Waals surface area (Å²) in [6.45, 7) is 0. The van der Waals surface area contributed by atoms with Gasteiger partial charge in [0.15, 0.2) is 5.11 Å². The van der Waals surface area contributed by atoms with E-state index in [4.69, 9.17) is 12.2 Å². The molecule has 5 nitrogen and oxygen atoms in total. The molecule has 98 valence electrons. The fourth-order valence-electron chi connectivity index (χ4n) is 1.42. The molecule has 3 N–H and O–H groups in total. The molecule has 1 aromatic rings. The maximum Gasteiger partial charge on any atom is 0.240 e. The minimum absolute atomic E-state index is 0.233. The quantitative estimate of drug-likeness (QED) is 0.721. The minimum Gasteiger partial charge on any atom is -0.360 e. The van der Waals surface area contributed by atoms with Crippen LogP contribution in [0, 0.1) is 0 Å². The van der Waals surface area contributed by atoms with E-state index in [0.717, 1.165) is 18.5 Å². The van der Waals surface area contributed by atoms with Crippen LogP contribution >= 0.6 is 12.2 Å². The Morgan fingerprint density at radius 3 is 2.39 bits per heavy atom. The van der Waals surface area contributed by atoms with Gasteiger partial charge in [0.2, 0.25) is 10.0 Å². The van der Waals surface area contributed by atoms with Crippen LogP contribution in [-0.2, 0) is 10.0 Å². The van der Waals surface area contributed by atoms with Crippen LogP contribution in [0.2, 0.25) is 0 Å². The van der Waals surface area contributed by atoms with Gasteiger partial charge in [0.25, 0.3) is 0 Å². The van der Waals surface area contributed by atoms with Crippen molar-refractivity contribution in [1.82, 2.24) is 10.0 Å². The lowest BCUT2D eigenvalue weighted by molar-refractivity contribution is 0.588. The van der Waals surface area contributed by atoms with E-state index in [2.05, 4.69) is 15.4 Å². The third-order valence-electron chi connectivity index (χ3n) is 2.60. The fraction of sp³-hybridized carbons (Fsp3) is 0.364. The monoisotopic (exact) mass is 285 g/mol. The molecule has 18 heavy (non-hydrogen) atoms. The van der Waals surface area contributed by atoms with Gasteiger partial charge in [-0.25, -0.2) is 13.1 Å². The number of thiocarbonyl (C=S) groups is 1. The molecule has 1 aliphatic rings. The minimum atomic E-state index is -3.38. The molecule has 7 heteroatoms. The van der Waals surface area contributed by atoms with Crippen LogP contribution in [0.25, 0.3) is 0 Å². The van der Waals surface area contributed by atoms with Gasteiger partial charge in [-0.1, -0.05) is 0 Å². The molecule has 0 aromatic heterocycles. The molecule has 0 unspecified atom stereocenters. The zero-order valence-electron chi connectivity index (χ0n) is 9.93. The zero-order valence-corrected chi connectivity index (χ0v) is 11.6. The molecule has 0 amide bonds. The average Bonchev–Trinajstić information content (AvgIpc) is 3.13. The first-order valence-electron chi connectivity index (χ1n) is 5.62. The van der Waals surface area contributed by atoms with Gasteiger partial charge in [0.05, 0.1) is 4.90 Å². The largest absolute Gasteiger partial charge is 0.360 e. The summed E-state index contributed by atoms with van der Waals surface area (Å²) in [6, 6.07) is 6.94. The van der Waals surface area contributed by atoms with Gasteiger partial charge in [0.1, 0.15) is 0 Å². The van der Waals surface area contributed by atoms with Gasteiger partial charge in [-0.3, -0.25) is 0 Å². The van der Waals surface area contributed by atoms with E-state index in [9.17, 15) is 8.42 Å². The Morgan fingerprint density at radius 1 is 1.28 bits per heavy atom. The summed E-state index contributed by atoms with van der Waals surface area (Å²) in [5.41, 5.74) is 0.767. The lowest BCUT2D eigenvalue weighted by Crippen LogP contribution is -2.30. The van der Waals surface area contributed by atoms with E-state index < -0.39 is 10.0 Å². The smallest absolute Gasteiger partial charge is 0.240 e. The average molecular weight is 285 g/mol. The number of rotatable bonds is 4. The zero-order chi connectivity index (χ0) is 13.2. The Hall–Kier alpha value is -1.18. The number of anilines is 1. The Labute approximate surface area is 112 Å². The maximum absolute atomic E-state index is 11.5. The van der Waals surface area contributed by atoms with Crippen molar-refractivity contribution in [2.24, 2.45) is 0 Å². The first kappa shape index (κ1) is 13.3. The summed E-state index contributed by atoms with van der Waals surface area (Å²) in [7, 11) is -1.99. The second kappa shape index (κ2) is 5.21. The van der Waals surface area contributed by atoms with Crippen LogP contribution in [0.15, 0.2) is 29.2 Å². The van der Waals surface area contributed by atoms with Gasteiger partial charge in [-0.05, 0) is 56.4 Å². The Balaban J connectivity index is 2.01. The van der Waals surface area contributed by atoms with Crippen molar-refractivity contribution in [2.75, 3.05) is 12.4 Å². The topological polar surface area (TPSA) is 70.2 Å². The van der Waals surface area contributed by atoms with E-state index in [0.29, 0.717) is 11.2 Å². The van der Waals surface area contributed by atoms with Crippen molar-refractivity contribution >= 4 is 33.0 Å². The van der Waals surface area contributed by atoms with Gasteiger partial charge >= 0.3 is 0 Å². The predicted octanol–water partition coefficient (Wildman–Crippen LogP) is 1.04. The third-order valence-corrected chi connectivity index (χ3v) is 4.25. The van der Waals surface area contributed by atoms with E-state index in [-0.39, 0.29) is 4.90 Å². The molecule has 1 aliphatic carbocycles. The van der Waals surface area contributed by atoms with Crippen molar-refractivity contribution in [1.29, 1.82) is 0 Å². The first-order chi connectivity index (χ1) is 8.51. The Kier molecular flexibility index (Phi) is 3.84. The maximum atomic E-state index is 11.5. The third kappa shape index (κ3) is 3.41. The molecule has 0 bridgehead atoms. The van der Waals surface area contributed by atoms with Gasteiger partial charge in [-0.2, -0.15) is 0 Å². The van der Waals surface area contributed by atoms with Crippen molar-refractivity contribution in [3.8, 4) is 0 Å². The SMILES string of the molecule is CNS(=O)(=O)c1ccc(NC(=S)NC2CC2)cc1. The van der Waals surface area contributed by atoms with Crippen molar-refractivity contribution in [3.05, 3.63) is 24.3 Å². The summed E-state index contributed by atoms with van der Waals surface area (Å²) < 4.78 is 25.3. The molecule has 0 heterocycles. The highest BCUT2D eigenvalue weighted by molar-refractivity contribution is 7.89. The molecule has 0 atom stereocenters. The molecule has 0 aliphatic heterocycles. The van der Waals surface area contributed by atoms with Crippen LogP contribution < -0.4 is 15.4 Å². The predicted molar refractivity (Wildman–Crippen MR) is 75.1 cm³/mol. The van der Waals surface area contributed by atoms with E-state index in [1.807, 2.05) is 0 Å². The molecule has 2 rings (SSSR count). The van der Waals surface area contributed by atoms with E-state index in [1.165, 1.54) is 19.2 Å². The van der Waals surface area contributed by atoms with E-state index in [1.54, 1.807) is 12.1 Å². The molecule has 1 fully saturated rings. The molecule has 0 spiro atoms. The number of nitrogens with one attached hydrogen (secondary N) is 3. The van der Waals surface area contributed by atoms with Crippen LogP contribution in [0.4, 0.5) is 5.69 Å². The normalized spacial score (nSPS) is 15.2. The highest BCUT2D eigenvalue weighted by Crippen LogP contribution is 2.19. The van der Waals surface area contributed by atoms with Crippen molar-refractivity contribution in [2.45, 2.75) is 23.8 Å². The molecule has 1 saturated carbocycles. The second-order valence-corrected chi connectivity index (χ2v) is 6.40. The Bertz CT molecular complexity index is 536. The Morgan fingerprint density at radius 2 is 1.89 bits per heavy atom. The molecular weight excluding hydrogens is 270 g/mol. The molecule has 1 aromatic carbocycles. The summed E-state index contributed by atoms with van der Waals surface area (Å²) in [5.74, 6) is 0. The first-order valence-corrected chi connectivity index (χ1v) is 7.51. The summed E-state index contributed by atoms with van der Waals surface area (Å²) >= 11 is 5.13. The number of benzene rings is 1. The van der Waals surface area contributed by atoms with Crippen LogP contribution in [-0.4, -0.2) is 26.6 Å². The lowest BCUT2D eigenvalue weighted by Gasteiger charge is -2.10. The highest BCUT2D eigenvalue weighted by Gasteiger charge is 2.21. The van der Waals surface area contributed by atoms with Crippen molar-refractivity contribution in [3.63, 3.8) is 0 Å².